The summed E-state index contributed by atoms with van der Waals surface area (Å²) < 4.78 is 18.7. The van der Waals surface area contributed by atoms with Gasteiger partial charge < -0.3 is 15.2 Å². The van der Waals surface area contributed by atoms with Crippen LogP contribution in [0.3, 0.4) is 0 Å². The van der Waals surface area contributed by atoms with Crippen LogP contribution in [0.15, 0.2) is 36.4 Å². The molecule has 0 aliphatic rings. The standard InChI is InChI=1S/C14H13ClFNO2/c1-19-13-7-9(5-6-12(13)18)8-17-11-4-2-3-10(15)14(11)16/h2-7,17-18H,8H2,1H3. The Labute approximate surface area is 115 Å². The van der Waals surface area contributed by atoms with E-state index in [9.17, 15) is 9.50 Å². The zero-order valence-corrected chi connectivity index (χ0v) is 11.0. The highest BCUT2D eigenvalue weighted by Crippen LogP contribution is 2.27. The van der Waals surface area contributed by atoms with Gasteiger partial charge in [-0.25, -0.2) is 4.39 Å². The van der Waals surface area contributed by atoms with E-state index >= 15 is 0 Å². The summed E-state index contributed by atoms with van der Waals surface area (Å²) in [5, 5.41) is 12.5. The number of phenols is 1. The molecule has 2 rings (SSSR count). The van der Waals surface area contributed by atoms with Crippen molar-refractivity contribution in [2.24, 2.45) is 0 Å². The molecular weight excluding hydrogens is 269 g/mol. The first-order valence-corrected chi connectivity index (χ1v) is 6.03. The second-order valence-electron chi connectivity index (χ2n) is 3.96. The van der Waals surface area contributed by atoms with Gasteiger partial charge in [-0.2, -0.15) is 0 Å². The highest BCUT2D eigenvalue weighted by molar-refractivity contribution is 6.31. The second-order valence-corrected chi connectivity index (χ2v) is 4.37. The molecule has 0 spiro atoms. The minimum absolute atomic E-state index is 0.0696. The lowest BCUT2D eigenvalue weighted by molar-refractivity contribution is 0.373. The molecule has 0 heterocycles. The fourth-order valence-electron chi connectivity index (χ4n) is 1.67. The summed E-state index contributed by atoms with van der Waals surface area (Å²) in [7, 11) is 1.48. The number of nitrogens with one attached hydrogen (secondary N) is 1. The van der Waals surface area contributed by atoms with E-state index < -0.39 is 5.82 Å². The van der Waals surface area contributed by atoms with Gasteiger partial charge in [0.05, 0.1) is 17.8 Å². The van der Waals surface area contributed by atoms with Gasteiger partial charge in [-0.15, -0.1) is 0 Å². The molecule has 0 unspecified atom stereocenters. The number of methoxy groups -OCH3 is 1. The van der Waals surface area contributed by atoms with Gasteiger partial charge in [-0.05, 0) is 29.8 Å². The molecule has 2 aromatic rings. The predicted octanol–water partition coefficient (Wildman–Crippen LogP) is 3.81. The van der Waals surface area contributed by atoms with E-state index in [2.05, 4.69) is 5.32 Å². The smallest absolute Gasteiger partial charge is 0.164 e. The minimum Gasteiger partial charge on any atom is -0.504 e. The molecule has 2 N–H and O–H groups in total. The van der Waals surface area contributed by atoms with Crippen LogP contribution in [0.5, 0.6) is 11.5 Å². The van der Waals surface area contributed by atoms with Crippen LogP contribution in [-0.4, -0.2) is 12.2 Å². The zero-order chi connectivity index (χ0) is 13.8. The Morgan fingerprint density at radius 1 is 1.32 bits per heavy atom. The van der Waals surface area contributed by atoms with Crippen LogP contribution in [0, 0.1) is 5.82 Å². The van der Waals surface area contributed by atoms with Crippen LogP contribution in [0.1, 0.15) is 5.56 Å². The summed E-state index contributed by atoms with van der Waals surface area (Å²) in [6, 6.07) is 9.72. The summed E-state index contributed by atoms with van der Waals surface area (Å²) in [6.07, 6.45) is 0. The molecule has 0 atom stereocenters. The number of rotatable bonds is 4. The fourth-order valence-corrected chi connectivity index (χ4v) is 1.84. The quantitative estimate of drug-likeness (QED) is 0.895. The first kappa shape index (κ1) is 13.5. The molecular formula is C14H13ClFNO2. The summed E-state index contributed by atoms with van der Waals surface area (Å²) in [6.45, 7) is 0.397. The molecule has 0 aromatic heterocycles. The van der Waals surface area contributed by atoms with E-state index in [1.807, 2.05) is 0 Å². The SMILES string of the molecule is COc1cc(CNc2cccc(Cl)c2F)ccc1O. The van der Waals surface area contributed by atoms with E-state index in [-0.39, 0.29) is 10.8 Å². The molecule has 0 fully saturated rings. The van der Waals surface area contributed by atoms with Crippen molar-refractivity contribution in [1.29, 1.82) is 0 Å². The number of anilines is 1. The fraction of sp³-hybridized carbons (Fsp3) is 0.143. The van der Waals surface area contributed by atoms with E-state index in [4.69, 9.17) is 16.3 Å². The van der Waals surface area contributed by atoms with Crippen LogP contribution in [-0.2, 0) is 6.54 Å². The largest absolute Gasteiger partial charge is 0.504 e. The number of benzene rings is 2. The molecule has 0 aliphatic carbocycles. The number of ether oxygens (including phenoxy) is 1. The Morgan fingerprint density at radius 2 is 2.11 bits per heavy atom. The van der Waals surface area contributed by atoms with Gasteiger partial charge in [0, 0.05) is 6.54 Å². The highest BCUT2D eigenvalue weighted by atomic mass is 35.5. The average Bonchev–Trinajstić information content (AvgIpc) is 2.42. The van der Waals surface area contributed by atoms with E-state index in [1.54, 1.807) is 24.3 Å². The minimum atomic E-state index is -0.477. The Morgan fingerprint density at radius 3 is 2.84 bits per heavy atom. The second kappa shape index (κ2) is 5.80. The predicted molar refractivity (Wildman–Crippen MR) is 73.4 cm³/mol. The van der Waals surface area contributed by atoms with Crippen molar-refractivity contribution in [2.75, 3.05) is 12.4 Å². The molecule has 19 heavy (non-hydrogen) atoms. The maximum atomic E-state index is 13.7. The molecule has 0 saturated heterocycles. The molecule has 0 amide bonds. The number of halogens is 2. The number of phenolic OH excluding ortho intramolecular Hbond substituents is 1. The van der Waals surface area contributed by atoms with E-state index in [0.717, 1.165) is 5.56 Å². The number of hydrogen-bond donors (Lipinski definition) is 2. The zero-order valence-electron chi connectivity index (χ0n) is 10.3. The van der Waals surface area contributed by atoms with E-state index in [0.29, 0.717) is 18.0 Å². The van der Waals surface area contributed by atoms with Crippen LogP contribution >= 0.6 is 11.6 Å². The molecule has 0 radical (unpaired) electrons. The maximum absolute atomic E-state index is 13.7. The Balaban J connectivity index is 2.12. The Bertz CT molecular complexity index is 590. The summed E-state index contributed by atoms with van der Waals surface area (Å²) >= 11 is 5.70. The third-order valence-electron chi connectivity index (χ3n) is 2.68. The lowest BCUT2D eigenvalue weighted by Gasteiger charge is -2.10. The third-order valence-corrected chi connectivity index (χ3v) is 2.97. The van der Waals surface area contributed by atoms with Crippen LogP contribution in [0.4, 0.5) is 10.1 Å². The Kier molecular flexibility index (Phi) is 4.12. The van der Waals surface area contributed by atoms with Gasteiger partial charge in [-0.1, -0.05) is 23.7 Å². The molecule has 0 aliphatic heterocycles. The van der Waals surface area contributed by atoms with Crippen molar-refractivity contribution in [3.05, 3.63) is 52.8 Å². The van der Waals surface area contributed by atoms with Crippen LogP contribution < -0.4 is 10.1 Å². The monoisotopic (exact) mass is 281 g/mol. The van der Waals surface area contributed by atoms with E-state index in [1.165, 1.54) is 19.2 Å². The number of hydrogen-bond acceptors (Lipinski definition) is 3. The molecule has 0 saturated carbocycles. The van der Waals surface area contributed by atoms with Gasteiger partial charge >= 0.3 is 0 Å². The van der Waals surface area contributed by atoms with Crippen molar-refractivity contribution in [3.63, 3.8) is 0 Å². The number of aromatic hydroxyl groups is 1. The third kappa shape index (κ3) is 3.09. The normalized spacial score (nSPS) is 10.3. The van der Waals surface area contributed by atoms with Gasteiger partial charge in [0.2, 0.25) is 0 Å². The van der Waals surface area contributed by atoms with Gasteiger partial charge in [0.1, 0.15) is 0 Å². The van der Waals surface area contributed by atoms with Crippen molar-refractivity contribution in [1.82, 2.24) is 0 Å². The van der Waals surface area contributed by atoms with Crippen LogP contribution in [0.25, 0.3) is 0 Å². The summed E-state index contributed by atoms with van der Waals surface area (Å²) in [5.74, 6) is -0.0269. The molecule has 100 valence electrons. The molecule has 0 bridgehead atoms. The van der Waals surface area contributed by atoms with Crippen LogP contribution in [0.2, 0.25) is 5.02 Å². The van der Waals surface area contributed by atoms with Gasteiger partial charge in [0.25, 0.3) is 0 Å². The van der Waals surface area contributed by atoms with Crippen molar-refractivity contribution < 1.29 is 14.2 Å². The van der Waals surface area contributed by atoms with Gasteiger partial charge in [0.15, 0.2) is 17.3 Å². The molecule has 3 nitrogen and oxygen atoms in total. The summed E-state index contributed by atoms with van der Waals surface area (Å²) in [4.78, 5) is 0. The lowest BCUT2D eigenvalue weighted by atomic mass is 10.2. The van der Waals surface area contributed by atoms with Crippen molar-refractivity contribution in [3.8, 4) is 11.5 Å². The lowest BCUT2D eigenvalue weighted by Crippen LogP contribution is -2.02. The van der Waals surface area contributed by atoms with Crippen molar-refractivity contribution >= 4 is 17.3 Å². The molecule has 5 heteroatoms. The first-order valence-electron chi connectivity index (χ1n) is 5.65. The Hall–Kier alpha value is -1.94. The first-order chi connectivity index (χ1) is 9.11. The highest BCUT2D eigenvalue weighted by Gasteiger charge is 2.07. The summed E-state index contributed by atoms with van der Waals surface area (Å²) in [5.41, 5.74) is 1.19. The molecule has 2 aromatic carbocycles. The van der Waals surface area contributed by atoms with Crippen molar-refractivity contribution in [2.45, 2.75) is 6.54 Å². The average molecular weight is 282 g/mol. The van der Waals surface area contributed by atoms with Gasteiger partial charge in [-0.3, -0.25) is 0 Å². The maximum Gasteiger partial charge on any atom is 0.164 e. The topological polar surface area (TPSA) is 41.5 Å².